The van der Waals surface area contributed by atoms with Gasteiger partial charge in [0, 0.05) is 34.4 Å². The lowest BCUT2D eigenvalue weighted by molar-refractivity contribution is 1.31. The molecule has 2 heterocycles. The van der Waals surface area contributed by atoms with Crippen LogP contribution >= 0.6 is 11.3 Å². The Hall–Kier alpha value is -2.72. The van der Waals surface area contributed by atoms with Crippen LogP contribution in [0.4, 0.5) is 10.8 Å². The Morgan fingerprint density at radius 2 is 1.68 bits per heavy atom. The molecule has 4 rings (SSSR count). The summed E-state index contributed by atoms with van der Waals surface area (Å²) in [7, 11) is 0. The molecule has 0 saturated heterocycles. The Labute approximate surface area is 132 Å². The number of hydrogen-bond acceptors (Lipinski definition) is 4. The molecule has 0 spiro atoms. The van der Waals surface area contributed by atoms with Crippen LogP contribution in [-0.2, 0) is 0 Å². The SMILES string of the molecule is c1ccc2c(Nc3nc(-c4ccncc4)cs3)cccc2c1. The third kappa shape index (κ3) is 2.44. The number of rotatable bonds is 3. The summed E-state index contributed by atoms with van der Waals surface area (Å²) in [6.45, 7) is 0. The maximum Gasteiger partial charge on any atom is 0.187 e. The van der Waals surface area contributed by atoms with Crippen LogP contribution in [0.15, 0.2) is 72.4 Å². The van der Waals surface area contributed by atoms with Gasteiger partial charge in [0.25, 0.3) is 0 Å². The van der Waals surface area contributed by atoms with Crippen LogP contribution < -0.4 is 5.32 Å². The van der Waals surface area contributed by atoms with Crippen molar-refractivity contribution >= 4 is 32.9 Å². The van der Waals surface area contributed by atoms with Crippen molar-refractivity contribution in [3.63, 3.8) is 0 Å². The minimum atomic E-state index is 0.892. The first-order valence-corrected chi connectivity index (χ1v) is 7.89. The molecule has 0 saturated carbocycles. The number of pyridine rings is 1. The Balaban J connectivity index is 1.68. The molecule has 22 heavy (non-hydrogen) atoms. The Kier molecular flexibility index (Phi) is 3.29. The van der Waals surface area contributed by atoms with Crippen LogP contribution in [0.2, 0.25) is 0 Å². The van der Waals surface area contributed by atoms with Crippen molar-refractivity contribution in [1.29, 1.82) is 0 Å². The summed E-state index contributed by atoms with van der Waals surface area (Å²) < 4.78 is 0. The van der Waals surface area contributed by atoms with Crippen LogP contribution in [0.5, 0.6) is 0 Å². The van der Waals surface area contributed by atoms with E-state index in [2.05, 4.69) is 63.1 Å². The van der Waals surface area contributed by atoms with E-state index in [4.69, 9.17) is 0 Å². The second kappa shape index (κ2) is 5.58. The van der Waals surface area contributed by atoms with Crippen molar-refractivity contribution in [1.82, 2.24) is 9.97 Å². The lowest BCUT2D eigenvalue weighted by atomic mass is 10.1. The predicted octanol–water partition coefficient (Wildman–Crippen LogP) is 5.10. The van der Waals surface area contributed by atoms with Gasteiger partial charge in [-0.25, -0.2) is 4.98 Å². The summed E-state index contributed by atoms with van der Waals surface area (Å²) in [6, 6.07) is 18.5. The van der Waals surface area contributed by atoms with E-state index < -0.39 is 0 Å². The van der Waals surface area contributed by atoms with Gasteiger partial charge < -0.3 is 5.32 Å². The first-order valence-electron chi connectivity index (χ1n) is 7.01. The monoisotopic (exact) mass is 303 g/mol. The largest absolute Gasteiger partial charge is 0.331 e. The van der Waals surface area contributed by atoms with Crippen molar-refractivity contribution in [2.45, 2.75) is 0 Å². The van der Waals surface area contributed by atoms with Gasteiger partial charge >= 0.3 is 0 Å². The molecule has 2 aromatic heterocycles. The summed E-state index contributed by atoms with van der Waals surface area (Å²) in [4.78, 5) is 8.70. The summed E-state index contributed by atoms with van der Waals surface area (Å²) >= 11 is 1.61. The van der Waals surface area contributed by atoms with E-state index in [1.807, 2.05) is 12.1 Å². The van der Waals surface area contributed by atoms with Gasteiger partial charge in [-0.2, -0.15) is 0 Å². The number of benzene rings is 2. The zero-order valence-electron chi connectivity index (χ0n) is 11.7. The van der Waals surface area contributed by atoms with E-state index in [-0.39, 0.29) is 0 Å². The topological polar surface area (TPSA) is 37.8 Å². The fraction of sp³-hybridized carbons (Fsp3) is 0. The van der Waals surface area contributed by atoms with E-state index in [1.165, 1.54) is 10.8 Å². The molecule has 106 valence electrons. The first kappa shape index (κ1) is 13.0. The van der Waals surface area contributed by atoms with Gasteiger partial charge in [0.15, 0.2) is 5.13 Å². The number of thiazole rings is 1. The maximum atomic E-state index is 4.66. The van der Waals surface area contributed by atoms with Crippen molar-refractivity contribution in [3.8, 4) is 11.3 Å². The number of nitrogens with zero attached hydrogens (tertiary/aromatic N) is 2. The van der Waals surface area contributed by atoms with Gasteiger partial charge in [-0.3, -0.25) is 4.98 Å². The zero-order chi connectivity index (χ0) is 14.8. The molecule has 0 aliphatic heterocycles. The van der Waals surface area contributed by atoms with Crippen LogP contribution in [0.1, 0.15) is 0 Å². The molecule has 0 amide bonds. The minimum absolute atomic E-state index is 0.892. The molecule has 4 heteroatoms. The van der Waals surface area contributed by atoms with E-state index in [0.717, 1.165) is 22.1 Å². The maximum absolute atomic E-state index is 4.66. The van der Waals surface area contributed by atoms with Gasteiger partial charge in [-0.05, 0) is 23.6 Å². The van der Waals surface area contributed by atoms with E-state index in [9.17, 15) is 0 Å². The Morgan fingerprint density at radius 1 is 0.864 bits per heavy atom. The number of fused-ring (bicyclic) bond motifs is 1. The van der Waals surface area contributed by atoms with Crippen LogP contribution in [0.3, 0.4) is 0 Å². The standard InChI is InChI=1S/C18H13N3S/c1-2-6-15-13(4-1)5-3-7-16(15)20-18-21-17(12-22-18)14-8-10-19-11-9-14/h1-12H,(H,20,21). The van der Waals surface area contributed by atoms with E-state index in [1.54, 1.807) is 23.7 Å². The molecule has 4 aromatic rings. The Morgan fingerprint density at radius 3 is 2.59 bits per heavy atom. The van der Waals surface area contributed by atoms with Crippen LogP contribution in [-0.4, -0.2) is 9.97 Å². The fourth-order valence-electron chi connectivity index (χ4n) is 2.44. The molecular formula is C18H13N3S. The van der Waals surface area contributed by atoms with Gasteiger partial charge in [0.1, 0.15) is 0 Å². The van der Waals surface area contributed by atoms with Gasteiger partial charge in [-0.1, -0.05) is 36.4 Å². The summed E-state index contributed by atoms with van der Waals surface area (Å²) in [5.41, 5.74) is 3.13. The highest BCUT2D eigenvalue weighted by molar-refractivity contribution is 7.14. The lowest BCUT2D eigenvalue weighted by Gasteiger charge is -2.06. The fourth-order valence-corrected chi connectivity index (χ4v) is 3.17. The van der Waals surface area contributed by atoms with Crippen LogP contribution in [0, 0.1) is 0 Å². The quantitative estimate of drug-likeness (QED) is 0.572. The van der Waals surface area contributed by atoms with Crippen molar-refractivity contribution < 1.29 is 0 Å². The molecule has 0 bridgehead atoms. The van der Waals surface area contributed by atoms with Gasteiger partial charge in [0.05, 0.1) is 5.69 Å². The normalized spacial score (nSPS) is 10.7. The van der Waals surface area contributed by atoms with Crippen molar-refractivity contribution in [2.24, 2.45) is 0 Å². The highest BCUT2D eigenvalue weighted by Crippen LogP contribution is 2.30. The molecular weight excluding hydrogens is 290 g/mol. The molecule has 0 radical (unpaired) electrons. The summed E-state index contributed by atoms with van der Waals surface area (Å²) in [6.07, 6.45) is 3.57. The molecule has 0 fully saturated rings. The number of nitrogens with one attached hydrogen (secondary N) is 1. The van der Waals surface area contributed by atoms with Crippen LogP contribution in [0.25, 0.3) is 22.0 Å². The third-order valence-electron chi connectivity index (χ3n) is 3.51. The summed E-state index contributed by atoms with van der Waals surface area (Å²) in [5.74, 6) is 0. The summed E-state index contributed by atoms with van der Waals surface area (Å²) in [5, 5.41) is 8.80. The van der Waals surface area contributed by atoms with Gasteiger partial charge in [-0.15, -0.1) is 11.3 Å². The number of aromatic nitrogens is 2. The van der Waals surface area contributed by atoms with Gasteiger partial charge in [0.2, 0.25) is 0 Å². The molecule has 0 unspecified atom stereocenters. The molecule has 2 aromatic carbocycles. The molecule has 3 nitrogen and oxygen atoms in total. The highest BCUT2D eigenvalue weighted by atomic mass is 32.1. The lowest BCUT2D eigenvalue weighted by Crippen LogP contribution is -1.90. The predicted molar refractivity (Wildman–Crippen MR) is 92.6 cm³/mol. The smallest absolute Gasteiger partial charge is 0.187 e. The minimum Gasteiger partial charge on any atom is -0.331 e. The second-order valence-electron chi connectivity index (χ2n) is 4.93. The van der Waals surface area contributed by atoms with Crippen molar-refractivity contribution in [2.75, 3.05) is 5.32 Å². The second-order valence-corrected chi connectivity index (χ2v) is 5.78. The molecule has 1 N–H and O–H groups in total. The van der Waals surface area contributed by atoms with E-state index >= 15 is 0 Å². The average Bonchev–Trinajstić information content (AvgIpc) is 3.05. The Bertz CT molecular complexity index is 910. The average molecular weight is 303 g/mol. The number of anilines is 2. The highest BCUT2D eigenvalue weighted by Gasteiger charge is 2.06. The number of hydrogen-bond donors (Lipinski definition) is 1. The first-order chi connectivity index (χ1) is 10.9. The van der Waals surface area contributed by atoms with Crippen molar-refractivity contribution in [3.05, 3.63) is 72.4 Å². The molecule has 0 atom stereocenters. The third-order valence-corrected chi connectivity index (χ3v) is 4.27. The van der Waals surface area contributed by atoms with E-state index in [0.29, 0.717) is 0 Å². The zero-order valence-corrected chi connectivity index (χ0v) is 12.5. The molecule has 0 aliphatic carbocycles. The molecule has 0 aliphatic rings.